The van der Waals surface area contributed by atoms with Crippen LogP contribution in [-0.2, 0) is 0 Å². The molecule has 0 unspecified atom stereocenters. The molecule has 0 radical (unpaired) electrons. The van der Waals surface area contributed by atoms with E-state index in [0.29, 0.717) is 23.7 Å². The number of hydrogen-bond donors (Lipinski definition) is 2. The lowest BCUT2D eigenvalue weighted by atomic mass is 10.0. The van der Waals surface area contributed by atoms with Crippen LogP contribution < -0.4 is 15.0 Å². The second-order valence-corrected chi connectivity index (χ2v) is 9.15. The number of carbonyl (C=O) groups is 1. The lowest BCUT2D eigenvalue weighted by molar-refractivity contribution is -0.274. The minimum absolute atomic E-state index is 0.108. The van der Waals surface area contributed by atoms with E-state index in [0.717, 1.165) is 60.6 Å². The number of halogens is 3. The second-order valence-electron chi connectivity index (χ2n) is 9.15. The number of anilines is 2. The molecule has 5 rings (SSSR count). The Morgan fingerprint density at radius 2 is 1.86 bits per heavy atom. The van der Waals surface area contributed by atoms with Gasteiger partial charge in [-0.15, -0.1) is 13.2 Å². The fourth-order valence-corrected chi connectivity index (χ4v) is 4.35. The number of amides is 1. The third-order valence-corrected chi connectivity index (χ3v) is 6.41. The highest BCUT2D eigenvalue weighted by molar-refractivity contribution is 6.05. The molecule has 1 saturated carbocycles. The molecule has 2 fully saturated rings. The topological polar surface area (TPSA) is 87.6 Å². The molecule has 2 N–H and O–H groups in total. The molecule has 0 bridgehead atoms. The van der Waals surface area contributed by atoms with Crippen LogP contribution in [0.4, 0.5) is 24.7 Å². The number of hydrogen-bond acceptors (Lipinski definition) is 6. The highest BCUT2D eigenvalue weighted by Crippen LogP contribution is 2.40. The van der Waals surface area contributed by atoms with Gasteiger partial charge >= 0.3 is 6.36 Å². The summed E-state index contributed by atoms with van der Waals surface area (Å²) in [6.07, 6.45) is 1.64. The molecule has 3 aromatic rings. The number of aliphatic hydroxyl groups is 1. The first-order chi connectivity index (χ1) is 17.3. The Kier molecular flexibility index (Phi) is 6.53. The van der Waals surface area contributed by atoms with E-state index in [1.54, 1.807) is 12.3 Å². The lowest BCUT2D eigenvalue weighted by Crippen LogP contribution is -2.23. The average Bonchev–Trinajstić information content (AvgIpc) is 3.61. The summed E-state index contributed by atoms with van der Waals surface area (Å²) >= 11 is 0. The van der Waals surface area contributed by atoms with Gasteiger partial charge in [0.2, 0.25) is 0 Å². The van der Waals surface area contributed by atoms with Crippen LogP contribution in [0.5, 0.6) is 5.75 Å². The van der Waals surface area contributed by atoms with Crippen LogP contribution >= 0.6 is 0 Å². The van der Waals surface area contributed by atoms with Gasteiger partial charge in [-0.2, -0.15) is 0 Å². The Labute approximate surface area is 205 Å². The van der Waals surface area contributed by atoms with Crippen LogP contribution in [0.25, 0.3) is 11.1 Å². The van der Waals surface area contributed by atoms with Crippen LogP contribution in [0.3, 0.4) is 0 Å². The molecule has 1 amide bonds. The first kappa shape index (κ1) is 24.1. The highest BCUT2D eigenvalue weighted by atomic mass is 19.4. The van der Waals surface area contributed by atoms with E-state index in [9.17, 15) is 23.1 Å². The number of carbonyl (C=O) groups excluding carboxylic acids is 1. The van der Waals surface area contributed by atoms with Gasteiger partial charge in [-0.1, -0.05) is 6.07 Å². The molecule has 1 atom stereocenters. The molecule has 1 aliphatic heterocycles. The molecule has 36 heavy (non-hydrogen) atoms. The normalized spacial score (nSPS) is 17.8. The predicted molar refractivity (Wildman–Crippen MR) is 128 cm³/mol. The molecule has 10 heteroatoms. The van der Waals surface area contributed by atoms with Crippen LogP contribution in [0, 0.1) is 5.92 Å². The van der Waals surface area contributed by atoms with Crippen molar-refractivity contribution in [1.29, 1.82) is 0 Å². The van der Waals surface area contributed by atoms with E-state index >= 15 is 0 Å². The summed E-state index contributed by atoms with van der Waals surface area (Å²) in [6, 6.07) is 10.7. The largest absolute Gasteiger partial charge is 0.573 e. The maximum absolute atomic E-state index is 13.0. The maximum Gasteiger partial charge on any atom is 0.573 e. The molecule has 188 valence electrons. The van der Waals surface area contributed by atoms with Gasteiger partial charge in [-0.05, 0) is 55.7 Å². The molecule has 1 saturated heterocycles. The minimum atomic E-state index is -4.78. The first-order valence-corrected chi connectivity index (χ1v) is 11.8. The zero-order valence-electron chi connectivity index (χ0n) is 19.3. The molecule has 1 aromatic carbocycles. The molecule has 0 spiro atoms. The average molecular weight is 499 g/mol. The van der Waals surface area contributed by atoms with Crippen molar-refractivity contribution in [2.75, 3.05) is 29.9 Å². The SMILES string of the molecule is O=C(Nc1ccc(OC(F)(F)F)cc1)c1cnc(N2CC[C@H](CO)C2)c(-c2ccc(C3CC3)nc2)c1. The number of benzene rings is 1. The van der Waals surface area contributed by atoms with Gasteiger partial charge in [-0.25, -0.2) is 4.98 Å². The summed E-state index contributed by atoms with van der Waals surface area (Å²) in [5, 5.41) is 12.2. The molecule has 1 aliphatic carbocycles. The van der Waals surface area contributed by atoms with Gasteiger partial charge < -0.3 is 20.1 Å². The van der Waals surface area contributed by atoms with Crippen molar-refractivity contribution in [2.24, 2.45) is 5.92 Å². The van der Waals surface area contributed by atoms with E-state index in [1.807, 2.05) is 12.1 Å². The predicted octanol–water partition coefficient (Wildman–Crippen LogP) is 4.99. The zero-order chi connectivity index (χ0) is 25.3. The van der Waals surface area contributed by atoms with Crippen molar-refractivity contribution in [1.82, 2.24) is 9.97 Å². The fourth-order valence-electron chi connectivity index (χ4n) is 4.35. The number of nitrogens with zero attached hydrogens (tertiary/aromatic N) is 3. The van der Waals surface area contributed by atoms with Crippen molar-refractivity contribution in [3.63, 3.8) is 0 Å². The molecule has 2 aliphatic rings. The molecule has 2 aromatic heterocycles. The van der Waals surface area contributed by atoms with Gasteiger partial charge in [0.25, 0.3) is 5.91 Å². The van der Waals surface area contributed by atoms with Crippen molar-refractivity contribution in [3.8, 4) is 16.9 Å². The number of aromatic nitrogens is 2. The monoisotopic (exact) mass is 498 g/mol. The van der Waals surface area contributed by atoms with Gasteiger partial charge in [-0.3, -0.25) is 9.78 Å². The van der Waals surface area contributed by atoms with E-state index in [2.05, 4.69) is 24.9 Å². The fraction of sp³-hybridized carbons (Fsp3) is 0.346. The summed E-state index contributed by atoms with van der Waals surface area (Å²) in [4.78, 5) is 24.3. The van der Waals surface area contributed by atoms with Gasteiger partial charge in [0, 0.05) is 66.4 Å². The van der Waals surface area contributed by atoms with Crippen LogP contribution in [-0.4, -0.2) is 47.0 Å². The number of rotatable bonds is 7. The lowest BCUT2D eigenvalue weighted by Gasteiger charge is -2.21. The summed E-state index contributed by atoms with van der Waals surface area (Å²) in [7, 11) is 0. The van der Waals surface area contributed by atoms with Gasteiger partial charge in [0.1, 0.15) is 11.6 Å². The summed E-state index contributed by atoms with van der Waals surface area (Å²) in [5.41, 5.74) is 3.26. The van der Waals surface area contributed by atoms with E-state index in [1.165, 1.54) is 18.3 Å². The van der Waals surface area contributed by atoms with E-state index in [-0.39, 0.29) is 18.3 Å². The Bertz CT molecular complexity index is 1230. The van der Waals surface area contributed by atoms with Gasteiger partial charge in [0.05, 0.1) is 5.56 Å². The summed E-state index contributed by atoms with van der Waals surface area (Å²) < 4.78 is 41.0. The van der Waals surface area contributed by atoms with Gasteiger partial charge in [0.15, 0.2) is 0 Å². The molecule has 7 nitrogen and oxygen atoms in total. The van der Waals surface area contributed by atoms with Crippen molar-refractivity contribution in [2.45, 2.75) is 31.5 Å². The third kappa shape index (κ3) is 5.59. The molecular formula is C26H25F3N4O3. The standard InChI is InChI=1S/C26H25F3N4O3/c27-26(28,29)36-21-6-4-20(5-7-21)32-25(35)19-11-22(18-3-8-23(30-12-18)17-1-2-17)24(31-13-19)33-10-9-16(14-33)15-34/h3-8,11-13,16-17,34H,1-2,9-10,14-15H2,(H,32,35)/t16-/m0/s1. The van der Waals surface area contributed by atoms with Crippen LogP contribution in [0.2, 0.25) is 0 Å². The molecular weight excluding hydrogens is 473 g/mol. The Morgan fingerprint density at radius 1 is 1.08 bits per heavy atom. The zero-order valence-corrected chi connectivity index (χ0v) is 19.3. The summed E-state index contributed by atoms with van der Waals surface area (Å²) in [6.45, 7) is 1.52. The molecule has 3 heterocycles. The second kappa shape index (κ2) is 9.77. The Morgan fingerprint density at radius 3 is 2.47 bits per heavy atom. The number of ether oxygens (including phenoxy) is 1. The number of alkyl halides is 3. The Hall–Kier alpha value is -3.66. The van der Waals surface area contributed by atoms with Crippen molar-refractivity contribution in [3.05, 3.63) is 66.1 Å². The quantitative estimate of drug-likeness (QED) is 0.477. The Balaban J connectivity index is 1.40. The smallest absolute Gasteiger partial charge is 0.406 e. The van der Waals surface area contributed by atoms with Crippen molar-refractivity contribution >= 4 is 17.4 Å². The highest BCUT2D eigenvalue weighted by Gasteiger charge is 2.31. The van der Waals surface area contributed by atoms with E-state index in [4.69, 9.17) is 0 Å². The number of aliphatic hydroxyl groups excluding tert-OH is 1. The summed E-state index contributed by atoms with van der Waals surface area (Å²) in [5.74, 6) is 0.588. The third-order valence-electron chi connectivity index (χ3n) is 6.41. The maximum atomic E-state index is 13.0. The minimum Gasteiger partial charge on any atom is -0.406 e. The van der Waals surface area contributed by atoms with Crippen LogP contribution in [0.1, 0.15) is 41.2 Å². The van der Waals surface area contributed by atoms with Crippen LogP contribution in [0.15, 0.2) is 54.9 Å². The number of pyridine rings is 2. The number of nitrogens with one attached hydrogen (secondary N) is 1. The van der Waals surface area contributed by atoms with E-state index < -0.39 is 12.3 Å². The van der Waals surface area contributed by atoms with Crippen molar-refractivity contribution < 1.29 is 27.8 Å². The first-order valence-electron chi connectivity index (χ1n) is 11.8.